The first-order chi connectivity index (χ1) is 12.5. The number of aryl methyl sites for hydroxylation is 1. The molecule has 5 nitrogen and oxygen atoms in total. The molecule has 0 radical (unpaired) electrons. The normalized spacial score (nSPS) is 10.7. The van der Waals surface area contributed by atoms with Gasteiger partial charge in [-0.05, 0) is 36.2 Å². The molecule has 1 heterocycles. The number of rotatable bonds is 6. The Morgan fingerprint density at radius 1 is 1.19 bits per heavy atom. The molecule has 0 saturated heterocycles. The van der Waals surface area contributed by atoms with E-state index in [0.29, 0.717) is 34.6 Å². The molecule has 3 rings (SSSR count). The van der Waals surface area contributed by atoms with Crippen LogP contribution in [0.2, 0.25) is 10.0 Å². The van der Waals surface area contributed by atoms with Gasteiger partial charge in [0, 0.05) is 26.5 Å². The van der Waals surface area contributed by atoms with Crippen molar-refractivity contribution in [1.82, 2.24) is 15.5 Å². The predicted molar refractivity (Wildman–Crippen MR) is 104 cm³/mol. The summed E-state index contributed by atoms with van der Waals surface area (Å²) in [5.74, 6) is 0.694. The highest BCUT2D eigenvalue weighted by Crippen LogP contribution is 2.22. The minimum atomic E-state index is -0.127. The van der Waals surface area contributed by atoms with Crippen molar-refractivity contribution in [3.63, 3.8) is 0 Å². The minimum absolute atomic E-state index is 0.127. The summed E-state index contributed by atoms with van der Waals surface area (Å²) in [5, 5.41) is 7.82. The Morgan fingerprint density at radius 2 is 2.04 bits per heavy atom. The fraction of sp³-hybridized carbons (Fsp3) is 0.167. The van der Waals surface area contributed by atoms with Gasteiger partial charge in [0.25, 0.3) is 0 Å². The van der Waals surface area contributed by atoms with E-state index in [1.54, 1.807) is 12.1 Å². The van der Waals surface area contributed by atoms with Gasteiger partial charge >= 0.3 is 0 Å². The zero-order valence-electron chi connectivity index (χ0n) is 13.5. The van der Waals surface area contributed by atoms with Crippen molar-refractivity contribution in [2.75, 3.05) is 0 Å². The number of hydrogen-bond acceptors (Lipinski definition) is 4. The summed E-state index contributed by atoms with van der Waals surface area (Å²) in [6, 6.07) is 12.8. The number of amides is 1. The van der Waals surface area contributed by atoms with Gasteiger partial charge in [0.05, 0.1) is 6.54 Å². The highest BCUT2D eigenvalue weighted by molar-refractivity contribution is 9.10. The number of halogens is 3. The van der Waals surface area contributed by atoms with E-state index in [-0.39, 0.29) is 12.5 Å². The van der Waals surface area contributed by atoms with Crippen molar-refractivity contribution < 1.29 is 9.32 Å². The molecule has 134 valence electrons. The minimum Gasteiger partial charge on any atom is -0.347 e. The second-order valence-electron chi connectivity index (χ2n) is 5.53. The largest absolute Gasteiger partial charge is 0.347 e. The first-order valence-electron chi connectivity index (χ1n) is 7.80. The fourth-order valence-corrected chi connectivity index (χ4v) is 3.21. The van der Waals surface area contributed by atoms with Gasteiger partial charge in [-0.1, -0.05) is 62.5 Å². The molecule has 1 aromatic heterocycles. The summed E-state index contributed by atoms with van der Waals surface area (Å²) in [5.41, 5.74) is 1.71. The summed E-state index contributed by atoms with van der Waals surface area (Å²) < 4.78 is 6.10. The third kappa shape index (κ3) is 5.06. The maximum atomic E-state index is 12.0. The van der Waals surface area contributed by atoms with Gasteiger partial charge in [-0.25, -0.2) is 0 Å². The molecule has 0 fully saturated rings. The molecule has 0 aliphatic heterocycles. The van der Waals surface area contributed by atoms with Gasteiger partial charge in [-0.15, -0.1) is 0 Å². The Labute approximate surface area is 168 Å². The Hall–Kier alpha value is -1.89. The number of benzene rings is 2. The Balaban J connectivity index is 1.52. The second-order valence-corrected chi connectivity index (χ2v) is 7.29. The highest BCUT2D eigenvalue weighted by atomic mass is 79.9. The van der Waals surface area contributed by atoms with E-state index in [2.05, 4.69) is 31.4 Å². The topological polar surface area (TPSA) is 68.0 Å². The molecule has 0 saturated carbocycles. The van der Waals surface area contributed by atoms with Crippen LogP contribution in [0.3, 0.4) is 0 Å². The molecule has 0 unspecified atom stereocenters. The first-order valence-corrected chi connectivity index (χ1v) is 9.35. The lowest BCUT2D eigenvalue weighted by molar-refractivity contribution is -0.121. The van der Waals surface area contributed by atoms with Crippen LogP contribution in [-0.2, 0) is 17.8 Å². The molecule has 1 N–H and O–H groups in total. The van der Waals surface area contributed by atoms with Crippen LogP contribution in [0, 0.1) is 0 Å². The monoisotopic (exact) mass is 453 g/mol. The summed E-state index contributed by atoms with van der Waals surface area (Å²) in [7, 11) is 0. The number of aromatic nitrogens is 2. The Bertz CT molecular complexity index is 930. The maximum Gasteiger partial charge on any atom is 0.246 e. The molecular formula is C18H14BrCl2N3O2. The van der Waals surface area contributed by atoms with Crippen molar-refractivity contribution in [3.05, 3.63) is 68.4 Å². The quantitative estimate of drug-likeness (QED) is 0.565. The smallest absolute Gasteiger partial charge is 0.246 e. The third-order valence-corrected chi connectivity index (χ3v) is 4.70. The van der Waals surface area contributed by atoms with E-state index in [9.17, 15) is 4.79 Å². The zero-order chi connectivity index (χ0) is 18.5. The van der Waals surface area contributed by atoms with Crippen LogP contribution in [-0.4, -0.2) is 16.0 Å². The standard InChI is InChI=1S/C18H14BrCl2N3O2/c19-13-3-1-2-12(8-13)18-23-17(26-24-18)10-22-16(25)7-5-11-4-6-14(20)9-15(11)21/h1-4,6,8-9H,5,7,10H2,(H,22,25). The van der Waals surface area contributed by atoms with E-state index in [4.69, 9.17) is 27.7 Å². The number of carbonyl (C=O) groups excluding carboxylic acids is 1. The lowest BCUT2D eigenvalue weighted by Crippen LogP contribution is -2.23. The van der Waals surface area contributed by atoms with E-state index < -0.39 is 0 Å². The number of nitrogens with zero attached hydrogens (tertiary/aromatic N) is 2. The van der Waals surface area contributed by atoms with E-state index in [1.807, 2.05) is 30.3 Å². The fourth-order valence-electron chi connectivity index (χ4n) is 2.31. The molecule has 0 atom stereocenters. The molecule has 26 heavy (non-hydrogen) atoms. The highest BCUT2D eigenvalue weighted by Gasteiger charge is 2.11. The van der Waals surface area contributed by atoms with Gasteiger partial charge in [0.2, 0.25) is 17.6 Å². The van der Waals surface area contributed by atoms with Crippen LogP contribution < -0.4 is 5.32 Å². The summed E-state index contributed by atoms with van der Waals surface area (Å²) in [6.45, 7) is 0.175. The van der Waals surface area contributed by atoms with Crippen LogP contribution in [0.25, 0.3) is 11.4 Å². The Kier molecular flexibility index (Phi) is 6.29. The van der Waals surface area contributed by atoms with Crippen molar-refractivity contribution >= 4 is 45.0 Å². The average molecular weight is 455 g/mol. The lowest BCUT2D eigenvalue weighted by Gasteiger charge is -2.05. The number of carbonyl (C=O) groups is 1. The van der Waals surface area contributed by atoms with Crippen LogP contribution >= 0.6 is 39.1 Å². The van der Waals surface area contributed by atoms with E-state index in [1.165, 1.54) is 0 Å². The molecule has 0 aliphatic carbocycles. The van der Waals surface area contributed by atoms with Gasteiger partial charge in [0.15, 0.2) is 0 Å². The molecule has 0 aliphatic rings. The predicted octanol–water partition coefficient (Wildman–Crippen LogP) is 5.05. The van der Waals surface area contributed by atoms with Crippen LogP contribution in [0.4, 0.5) is 0 Å². The van der Waals surface area contributed by atoms with Gasteiger partial charge in [-0.3, -0.25) is 4.79 Å². The molecule has 1 amide bonds. The maximum absolute atomic E-state index is 12.0. The number of nitrogens with one attached hydrogen (secondary N) is 1. The van der Waals surface area contributed by atoms with Crippen molar-refractivity contribution in [2.24, 2.45) is 0 Å². The summed E-state index contributed by atoms with van der Waals surface area (Å²) in [4.78, 5) is 16.3. The zero-order valence-corrected chi connectivity index (χ0v) is 16.6. The van der Waals surface area contributed by atoms with Crippen molar-refractivity contribution in [2.45, 2.75) is 19.4 Å². The first kappa shape index (κ1) is 18.9. The second kappa shape index (κ2) is 8.66. The van der Waals surface area contributed by atoms with Gasteiger partial charge in [-0.2, -0.15) is 4.98 Å². The molecule has 0 bridgehead atoms. The number of hydrogen-bond donors (Lipinski definition) is 1. The van der Waals surface area contributed by atoms with Crippen LogP contribution in [0.5, 0.6) is 0 Å². The molecule has 0 spiro atoms. The average Bonchev–Trinajstić information content (AvgIpc) is 3.08. The lowest BCUT2D eigenvalue weighted by atomic mass is 10.1. The molecular weight excluding hydrogens is 441 g/mol. The van der Waals surface area contributed by atoms with Gasteiger partial charge < -0.3 is 9.84 Å². The van der Waals surface area contributed by atoms with Gasteiger partial charge in [0.1, 0.15) is 0 Å². The SMILES string of the molecule is O=C(CCc1ccc(Cl)cc1Cl)NCc1nc(-c2cccc(Br)c2)no1. The molecule has 2 aromatic carbocycles. The van der Waals surface area contributed by atoms with Crippen LogP contribution in [0.15, 0.2) is 51.5 Å². The van der Waals surface area contributed by atoms with E-state index >= 15 is 0 Å². The van der Waals surface area contributed by atoms with Crippen LogP contribution in [0.1, 0.15) is 17.9 Å². The summed E-state index contributed by atoms with van der Waals surface area (Å²) in [6.07, 6.45) is 0.822. The molecule has 8 heteroatoms. The van der Waals surface area contributed by atoms with Crippen molar-refractivity contribution in [3.8, 4) is 11.4 Å². The Morgan fingerprint density at radius 3 is 2.81 bits per heavy atom. The summed E-state index contributed by atoms with van der Waals surface area (Å²) >= 11 is 15.4. The van der Waals surface area contributed by atoms with E-state index in [0.717, 1.165) is 15.6 Å². The van der Waals surface area contributed by atoms with Crippen molar-refractivity contribution in [1.29, 1.82) is 0 Å². The molecule has 3 aromatic rings. The third-order valence-electron chi connectivity index (χ3n) is 3.62.